The van der Waals surface area contributed by atoms with Crippen LogP contribution < -0.4 is 0 Å². The molecule has 2 aliphatic rings. The molecule has 5 aromatic rings. The maximum atomic E-state index is 3.72. The van der Waals surface area contributed by atoms with Crippen LogP contribution in [-0.2, 0) is 5.41 Å². The second kappa shape index (κ2) is 6.79. The van der Waals surface area contributed by atoms with E-state index in [4.69, 9.17) is 0 Å². The zero-order chi connectivity index (χ0) is 22.2. The highest BCUT2D eigenvalue weighted by Crippen LogP contribution is 2.59. The van der Waals surface area contributed by atoms with Crippen molar-refractivity contribution >= 4 is 38.9 Å². The van der Waals surface area contributed by atoms with E-state index in [-0.39, 0.29) is 5.41 Å². The van der Waals surface area contributed by atoms with Gasteiger partial charge in [-0.2, -0.15) is 0 Å². The molecule has 1 atom stereocenters. The lowest BCUT2D eigenvalue weighted by Gasteiger charge is -2.35. The number of benzene rings is 5. The molecule has 0 fully saturated rings. The number of fused-ring (bicyclic) bond motifs is 11. The lowest BCUT2D eigenvalue weighted by Crippen LogP contribution is -2.30. The minimum atomic E-state index is -0.363. The highest BCUT2D eigenvalue weighted by molar-refractivity contribution is 9.10. The van der Waals surface area contributed by atoms with Gasteiger partial charge < -0.3 is 0 Å². The summed E-state index contributed by atoms with van der Waals surface area (Å²) in [5, 5.41) is 2.61. The molecule has 156 valence electrons. The van der Waals surface area contributed by atoms with E-state index in [0.717, 1.165) is 4.47 Å². The molecule has 0 heterocycles. The van der Waals surface area contributed by atoms with Gasteiger partial charge in [-0.15, -0.1) is 0 Å². The molecule has 0 saturated carbocycles. The summed E-state index contributed by atoms with van der Waals surface area (Å²) in [5.41, 5.74) is 11.6. The van der Waals surface area contributed by atoms with Crippen LogP contribution in [-0.4, -0.2) is 0 Å². The Morgan fingerprint density at radius 3 is 2.18 bits per heavy atom. The minimum Gasteiger partial charge on any atom is -0.0619 e. The summed E-state index contributed by atoms with van der Waals surface area (Å²) >= 11 is 3.72. The van der Waals surface area contributed by atoms with Crippen LogP contribution in [0.25, 0.3) is 34.1 Å². The van der Waals surface area contributed by atoms with E-state index in [1.54, 1.807) is 0 Å². The van der Waals surface area contributed by atoms with Gasteiger partial charge in [-0.3, -0.25) is 0 Å². The molecule has 33 heavy (non-hydrogen) atoms. The summed E-state index contributed by atoms with van der Waals surface area (Å²) in [6, 6.07) is 36.2. The third-order valence-electron chi connectivity index (χ3n) is 7.40. The summed E-state index contributed by atoms with van der Waals surface area (Å²) < 4.78 is 1.10. The smallest absolute Gasteiger partial charge is 0.0619 e. The van der Waals surface area contributed by atoms with Crippen molar-refractivity contribution in [3.05, 3.63) is 140 Å². The van der Waals surface area contributed by atoms with Crippen molar-refractivity contribution in [2.75, 3.05) is 0 Å². The summed E-state index contributed by atoms with van der Waals surface area (Å²) in [5.74, 6) is 0. The van der Waals surface area contributed by atoms with Gasteiger partial charge in [0.05, 0.1) is 5.41 Å². The van der Waals surface area contributed by atoms with Gasteiger partial charge >= 0.3 is 0 Å². The van der Waals surface area contributed by atoms with Crippen LogP contribution in [0.1, 0.15) is 38.9 Å². The van der Waals surface area contributed by atoms with E-state index in [9.17, 15) is 0 Å². The molecular formula is C32H21Br. The predicted octanol–water partition coefficient (Wildman–Crippen LogP) is 8.76. The molecule has 0 radical (unpaired) electrons. The fourth-order valence-corrected chi connectivity index (χ4v) is 6.51. The number of hydrogen-bond acceptors (Lipinski definition) is 0. The van der Waals surface area contributed by atoms with Crippen LogP contribution in [0.15, 0.2) is 102 Å². The SMILES string of the molecule is Cc1ccc2c(c1)C=Cc1cc(Br)ccc1C21c2ccccc2-c2c1ccc1ccccc21. The van der Waals surface area contributed by atoms with Gasteiger partial charge in [0.25, 0.3) is 0 Å². The molecule has 7 rings (SSSR count). The second-order valence-electron chi connectivity index (χ2n) is 9.16. The Morgan fingerprint density at radius 1 is 0.606 bits per heavy atom. The van der Waals surface area contributed by atoms with Crippen LogP contribution >= 0.6 is 15.9 Å². The van der Waals surface area contributed by atoms with Gasteiger partial charge in [0.15, 0.2) is 0 Å². The van der Waals surface area contributed by atoms with Gasteiger partial charge in [0.2, 0.25) is 0 Å². The average Bonchev–Trinajstić information content (AvgIpc) is 3.06. The molecule has 0 N–H and O–H groups in total. The van der Waals surface area contributed by atoms with E-state index < -0.39 is 0 Å². The van der Waals surface area contributed by atoms with Crippen molar-refractivity contribution in [2.24, 2.45) is 0 Å². The topological polar surface area (TPSA) is 0 Å². The summed E-state index contributed by atoms with van der Waals surface area (Å²) in [6.45, 7) is 2.18. The first-order valence-electron chi connectivity index (χ1n) is 11.4. The lowest BCUT2D eigenvalue weighted by molar-refractivity contribution is 0.766. The van der Waals surface area contributed by atoms with Crippen molar-refractivity contribution in [1.82, 2.24) is 0 Å². The first-order valence-corrected chi connectivity index (χ1v) is 12.2. The maximum Gasteiger partial charge on any atom is 0.0725 e. The van der Waals surface area contributed by atoms with E-state index in [0.29, 0.717) is 0 Å². The highest BCUT2D eigenvalue weighted by Gasteiger charge is 2.48. The molecular weight excluding hydrogens is 464 g/mol. The summed E-state index contributed by atoms with van der Waals surface area (Å²) in [7, 11) is 0. The highest BCUT2D eigenvalue weighted by atomic mass is 79.9. The van der Waals surface area contributed by atoms with Gasteiger partial charge in [0, 0.05) is 4.47 Å². The normalized spacial score (nSPS) is 17.4. The fraction of sp³-hybridized carbons (Fsp3) is 0.0625. The first kappa shape index (κ1) is 19.1. The standard InChI is InChI=1S/C32H21Br/c1-20-10-15-27-22(18-20)11-12-23-19-24(33)14-17-28(23)32(27)29-9-5-4-8-26(29)31-25-7-3-2-6-21(25)13-16-30(31)32/h2-19H,1H3. The Bertz CT molecular complexity index is 1580. The molecule has 0 amide bonds. The van der Waals surface area contributed by atoms with Crippen LogP contribution in [0.3, 0.4) is 0 Å². The molecule has 1 heteroatoms. The third-order valence-corrected chi connectivity index (χ3v) is 7.90. The van der Waals surface area contributed by atoms with Crippen LogP contribution in [0.4, 0.5) is 0 Å². The Morgan fingerprint density at radius 2 is 1.30 bits per heavy atom. The van der Waals surface area contributed by atoms with E-state index >= 15 is 0 Å². The number of hydrogen-bond donors (Lipinski definition) is 0. The van der Waals surface area contributed by atoms with Crippen molar-refractivity contribution in [3.63, 3.8) is 0 Å². The first-order chi connectivity index (χ1) is 16.2. The average molecular weight is 485 g/mol. The zero-order valence-electron chi connectivity index (χ0n) is 18.3. The summed E-state index contributed by atoms with van der Waals surface area (Å²) in [4.78, 5) is 0. The van der Waals surface area contributed by atoms with Crippen LogP contribution in [0, 0.1) is 6.92 Å². The van der Waals surface area contributed by atoms with Gasteiger partial charge in [-0.05, 0) is 74.3 Å². The van der Waals surface area contributed by atoms with Gasteiger partial charge in [0.1, 0.15) is 0 Å². The fourth-order valence-electron chi connectivity index (χ4n) is 6.13. The lowest BCUT2D eigenvalue weighted by atomic mass is 9.66. The number of rotatable bonds is 0. The van der Waals surface area contributed by atoms with Crippen molar-refractivity contribution in [3.8, 4) is 11.1 Å². The molecule has 0 saturated heterocycles. The Hall–Kier alpha value is -3.42. The Labute approximate surface area is 202 Å². The van der Waals surface area contributed by atoms with E-state index in [1.165, 1.54) is 60.8 Å². The Kier molecular flexibility index (Phi) is 3.93. The quantitative estimate of drug-likeness (QED) is 0.201. The Balaban J connectivity index is 1.75. The molecule has 0 bridgehead atoms. The third kappa shape index (κ3) is 2.46. The molecule has 0 aromatic heterocycles. The molecule has 1 spiro atoms. The summed E-state index contributed by atoms with van der Waals surface area (Å²) in [6.07, 6.45) is 4.58. The number of aryl methyl sites for hydroxylation is 1. The van der Waals surface area contributed by atoms with E-state index in [2.05, 4.69) is 132 Å². The van der Waals surface area contributed by atoms with Gasteiger partial charge in [-0.1, -0.05) is 119 Å². The van der Waals surface area contributed by atoms with Crippen molar-refractivity contribution < 1.29 is 0 Å². The largest absolute Gasteiger partial charge is 0.0725 e. The predicted molar refractivity (Wildman–Crippen MR) is 143 cm³/mol. The van der Waals surface area contributed by atoms with Crippen molar-refractivity contribution in [2.45, 2.75) is 12.3 Å². The van der Waals surface area contributed by atoms with Crippen LogP contribution in [0.2, 0.25) is 0 Å². The maximum absolute atomic E-state index is 3.72. The van der Waals surface area contributed by atoms with Crippen molar-refractivity contribution in [1.29, 1.82) is 0 Å². The molecule has 2 aliphatic carbocycles. The minimum absolute atomic E-state index is 0.363. The zero-order valence-corrected chi connectivity index (χ0v) is 19.9. The molecule has 5 aromatic carbocycles. The number of halogens is 1. The molecule has 1 unspecified atom stereocenters. The molecule has 0 nitrogen and oxygen atoms in total. The monoisotopic (exact) mass is 484 g/mol. The van der Waals surface area contributed by atoms with E-state index in [1.807, 2.05) is 0 Å². The second-order valence-corrected chi connectivity index (χ2v) is 10.1. The van der Waals surface area contributed by atoms with Crippen LogP contribution in [0.5, 0.6) is 0 Å². The molecule has 0 aliphatic heterocycles. The van der Waals surface area contributed by atoms with Gasteiger partial charge in [-0.25, -0.2) is 0 Å².